The van der Waals surface area contributed by atoms with Crippen molar-refractivity contribution in [2.24, 2.45) is 17.8 Å². The van der Waals surface area contributed by atoms with Crippen molar-refractivity contribution in [2.45, 2.75) is 38.5 Å². The third-order valence-corrected chi connectivity index (χ3v) is 8.07. The van der Waals surface area contributed by atoms with Gasteiger partial charge in [0, 0.05) is 37.0 Å². The van der Waals surface area contributed by atoms with Gasteiger partial charge in [-0.2, -0.15) is 11.8 Å². The van der Waals surface area contributed by atoms with Gasteiger partial charge in [-0.05, 0) is 93.6 Å². The maximum atomic E-state index is 11.8. The number of nitrogens with one attached hydrogen (secondary N) is 1. The lowest BCUT2D eigenvalue weighted by atomic mass is 9.81. The van der Waals surface area contributed by atoms with E-state index < -0.39 is 11.9 Å². The molecule has 0 bridgehead atoms. The fourth-order valence-electron chi connectivity index (χ4n) is 5.26. The average Bonchev–Trinajstić information content (AvgIpc) is 2.93. The largest absolute Gasteiger partial charge is 0.497 e. The van der Waals surface area contributed by atoms with Crippen LogP contribution in [0.1, 0.15) is 37.7 Å². The number of hydrogen-bond donors (Lipinski definition) is 3. The van der Waals surface area contributed by atoms with Gasteiger partial charge in [0.25, 0.3) is 0 Å². The molecule has 204 valence electrons. The van der Waals surface area contributed by atoms with E-state index >= 15 is 0 Å². The third kappa shape index (κ3) is 8.86. The van der Waals surface area contributed by atoms with Crippen LogP contribution >= 0.6 is 11.8 Å². The van der Waals surface area contributed by atoms with Crippen LogP contribution in [0.15, 0.2) is 30.5 Å². The summed E-state index contributed by atoms with van der Waals surface area (Å²) < 4.78 is 5.36. The molecule has 2 aliphatic heterocycles. The summed E-state index contributed by atoms with van der Waals surface area (Å²) in [6, 6.07) is 8.03. The molecule has 0 radical (unpaired) electrons. The highest BCUT2D eigenvalue weighted by Gasteiger charge is 2.33. The first-order valence-electron chi connectivity index (χ1n) is 13.2. The fourth-order valence-corrected chi connectivity index (χ4v) is 5.70. The highest BCUT2D eigenvalue weighted by atomic mass is 32.2. The van der Waals surface area contributed by atoms with Gasteiger partial charge in [0.2, 0.25) is 0 Å². The first kappa shape index (κ1) is 29.2. The summed E-state index contributed by atoms with van der Waals surface area (Å²) in [6.45, 7) is 4.32. The number of pyridine rings is 1. The Bertz CT molecular complexity index is 1010. The van der Waals surface area contributed by atoms with E-state index in [1.165, 1.54) is 5.56 Å². The predicted octanol–water partition coefficient (Wildman–Crippen LogP) is 4.02. The zero-order chi connectivity index (χ0) is 26.6. The van der Waals surface area contributed by atoms with Gasteiger partial charge in [0.1, 0.15) is 5.75 Å². The normalized spacial score (nSPS) is 22.2. The highest BCUT2D eigenvalue weighted by Crippen LogP contribution is 2.30. The van der Waals surface area contributed by atoms with Gasteiger partial charge in [-0.3, -0.25) is 14.6 Å². The van der Waals surface area contributed by atoms with Crippen LogP contribution in [0.25, 0.3) is 10.9 Å². The Morgan fingerprint density at radius 1 is 1.22 bits per heavy atom. The number of piperidine rings is 2. The van der Waals surface area contributed by atoms with E-state index in [4.69, 9.17) is 9.84 Å². The van der Waals surface area contributed by atoms with Crippen LogP contribution in [0.4, 0.5) is 0 Å². The third-order valence-electron chi connectivity index (χ3n) is 7.48. The van der Waals surface area contributed by atoms with E-state index in [1.54, 1.807) is 7.11 Å². The molecule has 0 aliphatic carbocycles. The van der Waals surface area contributed by atoms with Crippen molar-refractivity contribution in [1.82, 2.24) is 15.2 Å². The number of aromatic nitrogens is 1. The zero-order valence-corrected chi connectivity index (χ0v) is 22.8. The molecule has 3 N–H and O–H groups in total. The van der Waals surface area contributed by atoms with Crippen LogP contribution in [0.5, 0.6) is 5.75 Å². The van der Waals surface area contributed by atoms with Gasteiger partial charge in [0.15, 0.2) is 0 Å². The molecule has 3 atom stereocenters. The Labute approximate surface area is 224 Å². The second-order valence-electron chi connectivity index (χ2n) is 9.91. The Morgan fingerprint density at radius 3 is 2.70 bits per heavy atom. The molecule has 2 aliphatic rings. The minimum absolute atomic E-state index is 0.140. The number of rotatable bonds is 10. The van der Waals surface area contributed by atoms with Crippen LogP contribution in [0.3, 0.4) is 0 Å². The lowest BCUT2D eigenvalue weighted by Crippen LogP contribution is -2.44. The molecule has 0 spiro atoms. The molecule has 2 fully saturated rings. The number of benzene rings is 1. The molecule has 1 unspecified atom stereocenters. The summed E-state index contributed by atoms with van der Waals surface area (Å²) in [5, 5.41) is 22.4. The fraction of sp³-hybridized carbons (Fsp3) is 0.607. The molecular weight excluding hydrogens is 490 g/mol. The number of likely N-dealkylation sites (tertiary alicyclic amines) is 1. The molecule has 0 amide bonds. The standard InChI is InChI=1S/C22H30N2O3S.C6H11NO2/c1-27-18-6-7-21-19(14-18)16(8-10-23-21)4-3-5-17-9-11-24(12-13-28-2)15-20(17)22(25)26;8-6(9)5-2-1-3-7-4-5/h6-8,10,14,17,20H,3-5,9,11-13,15H2,1-2H3,(H,25,26);5,7H,1-4H2,(H,8,9)/t17-,20+;/m1./s1. The number of thioether (sulfide) groups is 1. The number of hydrogen-bond acceptors (Lipinski definition) is 7. The average molecular weight is 532 g/mol. The van der Waals surface area contributed by atoms with Gasteiger partial charge in [-0.25, -0.2) is 0 Å². The quantitative estimate of drug-likeness (QED) is 0.418. The summed E-state index contributed by atoms with van der Waals surface area (Å²) >= 11 is 1.82. The number of methoxy groups -OCH3 is 1. The van der Waals surface area contributed by atoms with Gasteiger partial charge in [-0.1, -0.05) is 0 Å². The lowest BCUT2D eigenvalue weighted by molar-refractivity contribution is -0.146. The zero-order valence-electron chi connectivity index (χ0n) is 22.0. The van der Waals surface area contributed by atoms with Crippen molar-refractivity contribution < 1.29 is 24.5 Å². The number of ether oxygens (including phenoxy) is 1. The number of aryl methyl sites for hydroxylation is 1. The maximum absolute atomic E-state index is 11.8. The number of carboxylic acid groups (broad SMARTS) is 2. The molecule has 9 heteroatoms. The summed E-state index contributed by atoms with van der Waals surface area (Å²) in [6.07, 6.45) is 9.66. The SMILES string of the molecule is COc1ccc2nccc(CCC[C@@H]3CCN(CCSC)C[C@@H]3C(=O)O)c2c1.O=C(O)C1CCCNC1. The molecule has 2 saturated heterocycles. The number of nitrogens with zero attached hydrogens (tertiary/aromatic N) is 2. The van der Waals surface area contributed by atoms with Crippen LogP contribution in [-0.2, 0) is 16.0 Å². The topological polar surface area (TPSA) is 112 Å². The molecule has 4 rings (SSSR count). The second kappa shape index (κ2) is 15.1. The van der Waals surface area contributed by atoms with E-state index in [-0.39, 0.29) is 17.8 Å². The smallest absolute Gasteiger partial charge is 0.308 e. The summed E-state index contributed by atoms with van der Waals surface area (Å²) in [7, 11) is 1.68. The molecular formula is C28H41N3O5S. The van der Waals surface area contributed by atoms with Crippen LogP contribution in [-0.4, -0.2) is 83.9 Å². The summed E-state index contributed by atoms with van der Waals surface area (Å²) in [5.74, 6) is 0.482. The van der Waals surface area contributed by atoms with Crippen molar-refractivity contribution in [3.8, 4) is 5.75 Å². The van der Waals surface area contributed by atoms with Gasteiger partial charge in [-0.15, -0.1) is 0 Å². The van der Waals surface area contributed by atoms with Crippen LogP contribution in [0, 0.1) is 17.8 Å². The Morgan fingerprint density at radius 2 is 2.05 bits per heavy atom. The number of carboxylic acids is 2. The molecule has 37 heavy (non-hydrogen) atoms. The molecule has 3 heterocycles. The maximum Gasteiger partial charge on any atom is 0.308 e. The van der Waals surface area contributed by atoms with Gasteiger partial charge < -0.3 is 25.2 Å². The van der Waals surface area contributed by atoms with Crippen LogP contribution in [0.2, 0.25) is 0 Å². The summed E-state index contributed by atoms with van der Waals surface area (Å²) in [4.78, 5) is 28.9. The van der Waals surface area contributed by atoms with Crippen molar-refractivity contribution in [3.05, 3.63) is 36.0 Å². The molecule has 0 saturated carbocycles. The first-order valence-corrected chi connectivity index (χ1v) is 14.6. The van der Waals surface area contributed by atoms with Crippen molar-refractivity contribution in [3.63, 3.8) is 0 Å². The van der Waals surface area contributed by atoms with E-state index in [1.807, 2.05) is 36.2 Å². The predicted molar refractivity (Wildman–Crippen MR) is 149 cm³/mol. The number of fused-ring (bicyclic) bond motifs is 1. The van der Waals surface area contributed by atoms with E-state index in [0.29, 0.717) is 13.1 Å². The molecule has 1 aromatic heterocycles. The molecule has 8 nitrogen and oxygen atoms in total. The van der Waals surface area contributed by atoms with E-state index in [2.05, 4.69) is 27.5 Å². The Hall–Kier alpha value is -2.36. The monoisotopic (exact) mass is 531 g/mol. The summed E-state index contributed by atoms with van der Waals surface area (Å²) in [5.41, 5.74) is 2.23. The Balaban J connectivity index is 0.000000356. The lowest BCUT2D eigenvalue weighted by Gasteiger charge is -2.36. The number of carbonyl (C=O) groups is 2. The minimum Gasteiger partial charge on any atom is -0.497 e. The van der Waals surface area contributed by atoms with E-state index in [0.717, 1.165) is 80.6 Å². The highest BCUT2D eigenvalue weighted by molar-refractivity contribution is 7.98. The second-order valence-corrected chi connectivity index (χ2v) is 10.9. The molecule has 2 aromatic rings. The van der Waals surface area contributed by atoms with Crippen molar-refractivity contribution >= 4 is 34.6 Å². The van der Waals surface area contributed by atoms with Crippen molar-refractivity contribution in [1.29, 1.82) is 0 Å². The minimum atomic E-state index is -0.665. The van der Waals surface area contributed by atoms with Crippen molar-refractivity contribution in [2.75, 3.05) is 51.8 Å². The van der Waals surface area contributed by atoms with Gasteiger partial charge >= 0.3 is 11.9 Å². The Kier molecular flexibility index (Phi) is 12.0. The van der Waals surface area contributed by atoms with E-state index in [9.17, 15) is 14.7 Å². The molecule has 1 aromatic carbocycles. The number of aliphatic carboxylic acids is 2. The van der Waals surface area contributed by atoms with Crippen LogP contribution < -0.4 is 10.1 Å². The first-order chi connectivity index (χ1) is 17.9. The van der Waals surface area contributed by atoms with Gasteiger partial charge in [0.05, 0.1) is 24.5 Å².